The third kappa shape index (κ3) is 31.1. The van der Waals surface area contributed by atoms with Gasteiger partial charge in [0.25, 0.3) is 10.1 Å². The Balaban J connectivity index is 4.18. The molecular weight excluding hydrogens is 598 g/mol. The first-order valence-corrected chi connectivity index (χ1v) is 20.4. The molecule has 0 rings (SSSR count). The highest BCUT2D eigenvalue weighted by atomic mass is 32.2. The van der Waals surface area contributed by atoms with Crippen LogP contribution in [-0.4, -0.2) is 53.1 Å². The minimum Gasteiger partial charge on any atom is -0.387 e. The Labute approximate surface area is 283 Å². The van der Waals surface area contributed by atoms with Crippen LogP contribution in [0.1, 0.15) is 174 Å². The number of hydrogen-bond acceptors (Lipinski definition) is 5. The van der Waals surface area contributed by atoms with Gasteiger partial charge in [0.1, 0.15) is 6.10 Å². The summed E-state index contributed by atoms with van der Waals surface area (Å²) in [5.41, 5.74) is 0. The molecule has 0 spiro atoms. The van der Waals surface area contributed by atoms with Gasteiger partial charge < -0.3 is 15.5 Å². The van der Waals surface area contributed by atoms with Gasteiger partial charge in [-0.3, -0.25) is 9.35 Å². The van der Waals surface area contributed by atoms with Gasteiger partial charge in [0.15, 0.2) is 0 Å². The minimum absolute atomic E-state index is 0.260. The second-order valence-corrected chi connectivity index (χ2v) is 14.5. The van der Waals surface area contributed by atoms with Crippen molar-refractivity contribution in [2.24, 2.45) is 0 Å². The summed E-state index contributed by atoms with van der Waals surface area (Å²) in [6, 6.07) is -1.25. The molecule has 0 radical (unpaired) electrons. The molecular formula is C38H71NO6S. The van der Waals surface area contributed by atoms with Crippen molar-refractivity contribution in [3.05, 3.63) is 36.5 Å². The van der Waals surface area contributed by atoms with Crippen molar-refractivity contribution in [3.8, 4) is 0 Å². The van der Waals surface area contributed by atoms with E-state index in [4.69, 9.17) is 0 Å². The average molecular weight is 670 g/mol. The van der Waals surface area contributed by atoms with Gasteiger partial charge >= 0.3 is 0 Å². The molecule has 8 heteroatoms. The zero-order valence-electron chi connectivity index (χ0n) is 29.6. The number of carbonyl (C=O) groups excluding carboxylic acids is 1. The summed E-state index contributed by atoms with van der Waals surface area (Å²) in [7, 11) is -4.45. The predicted octanol–water partition coefficient (Wildman–Crippen LogP) is 9.54. The molecule has 0 aliphatic rings. The van der Waals surface area contributed by atoms with E-state index in [1.54, 1.807) is 6.08 Å². The van der Waals surface area contributed by atoms with Crippen LogP contribution in [0.5, 0.6) is 0 Å². The highest BCUT2D eigenvalue weighted by molar-refractivity contribution is 7.85. The normalized spacial score (nSPS) is 14.5. The van der Waals surface area contributed by atoms with Crippen LogP contribution in [0.4, 0.5) is 0 Å². The van der Waals surface area contributed by atoms with Crippen LogP contribution in [0.3, 0.4) is 0 Å². The summed E-state index contributed by atoms with van der Waals surface area (Å²) in [6.07, 6.45) is 37.7. The fraction of sp³-hybridized carbons (Fsp3) is 0.816. The number of carbonyl (C=O) groups is 1. The van der Waals surface area contributed by atoms with Gasteiger partial charge in [-0.05, 0) is 57.8 Å². The topological polar surface area (TPSA) is 124 Å². The van der Waals surface area contributed by atoms with E-state index in [0.29, 0.717) is 12.8 Å². The van der Waals surface area contributed by atoms with E-state index in [2.05, 4.69) is 43.5 Å². The third-order valence-corrected chi connectivity index (χ3v) is 9.18. The lowest BCUT2D eigenvalue weighted by molar-refractivity contribution is -0.130. The Morgan fingerprint density at radius 1 is 0.587 bits per heavy atom. The Bertz CT molecular complexity index is 886. The van der Waals surface area contributed by atoms with Crippen molar-refractivity contribution in [1.82, 2.24) is 5.32 Å². The second-order valence-electron chi connectivity index (χ2n) is 13.0. The maximum atomic E-state index is 12.5. The van der Waals surface area contributed by atoms with Crippen LogP contribution in [0.25, 0.3) is 0 Å². The summed E-state index contributed by atoms with van der Waals surface area (Å²) < 4.78 is 32.4. The molecule has 46 heavy (non-hydrogen) atoms. The van der Waals surface area contributed by atoms with Crippen molar-refractivity contribution >= 4 is 16.0 Å². The molecule has 4 N–H and O–H groups in total. The Hall–Kier alpha value is -1.48. The second kappa shape index (κ2) is 32.1. The first kappa shape index (κ1) is 44.5. The molecule has 0 saturated heterocycles. The lowest BCUT2D eigenvalue weighted by atomic mass is 10.1. The van der Waals surface area contributed by atoms with Crippen LogP contribution in [0.2, 0.25) is 0 Å². The molecule has 3 atom stereocenters. The van der Waals surface area contributed by atoms with E-state index in [0.717, 1.165) is 44.9 Å². The van der Waals surface area contributed by atoms with Crippen LogP contribution >= 0.6 is 0 Å². The molecule has 0 aromatic heterocycles. The fourth-order valence-corrected chi connectivity index (χ4v) is 6.20. The molecule has 7 nitrogen and oxygen atoms in total. The number of unbranched alkanes of at least 4 members (excludes halogenated alkanes) is 20. The van der Waals surface area contributed by atoms with Crippen molar-refractivity contribution < 1.29 is 28.0 Å². The van der Waals surface area contributed by atoms with Crippen LogP contribution in [-0.2, 0) is 14.9 Å². The van der Waals surface area contributed by atoms with E-state index < -0.39 is 40.0 Å². The number of amides is 1. The van der Waals surface area contributed by atoms with Gasteiger partial charge in [0, 0.05) is 0 Å². The molecule has 0 bridgehead atoms. The number of allylic oxidation sites excluding steroid dienone is 5. The largest absolute Gasteiger partial charge is 0.387 e. The van der Waals surface area contributed by atoms with Gasteiger partial charge in [-0.25, -0.2) is 0 Å². The van der Waals surface area contributed by atoms with Gasteiger partial charge in [0.2, 0.25) is 5.91 Å². The Morgan fingerprint density at radius 3 is 1.43 bits per heavy atom. The SMILES string of the molecule is CCCCCCCCC/C=C\CCCCCCC(O)C(=O)NC(CS(=O)(=O)O)C(O)/C=C/CC/C=C/CCCCCCCCCC. The lowest BCUT2D eigenvalue weighted by Crippen LogP contribution is -2.50. The molecule has 0 saturated carbocycles. The number of hydrogen-bond donors (Lipinski definition) is 4. The van der Waals surface area contributed by atoms with Crippen LogP contribution in [0.15, 0.2) is 36.5 Å². The van der Waals surface area contributed by atoms with Gasteiger partial charge in [-0.1, -0.05) is 153 Å². The number of rotatable bonds is 33. The summed E-state index contributed by atoms with van der Waals surface area (Å²) in [5.74, 6) is -1.57. The quantitative estimate of drug-likeness (QED) is 0.0313. The van der Waals surface area contributed by atoms with Gasteiger partial charge in [0.05, 0.1) is 17.9 Å². The first-order chi connectivity index (χ1) is 22.2. The summed E-state index contributed by atoms with van der Waals surface area (Å²) in [5, 5.41) is 23.3. The third-order valence-electron chi connectivity index (χ3n) is 8.40. The van der Waals surface area contributed by atoms with E-state index in [1.165, 1.54) is 102 Å². The highest BCUT2D eigenvalue weighted by Gasteiger charge is 2.27. The van der Waals surface area contributed by atoms with Crippen molar-refractivity contribution in [1.29, 1.82) is 0 Å². The molecule has 0 aromatic rings. The molecule has 3 unspecified atom stereocenters. The van der Waals surface area contributed by atoms with Crippen molar-refractivity contribution in [3.63, 3.8) is 0 Å². The zero-order valence-corrected chi connectivity index (χ0v) is 30.4. The minimum atomic E-state index is -4.45. The standard InChI is InChI=1S/C38H71NO6S/c1-3-5-7-9-11-13-15-17-19-21-23-25-27-29-31-33-37(41)38(42)39-35(34-46(43,44)45)36(40)32-30-28-26-24-22-20-18-16-14-12-10-8-6-4-2/h19,21-22,24,30,32,35-37,40-41H,3-18,20,23,25-29,31,33-34H2,1-2H3,(H,39,42)(H,43,44,45)/b21-19-,24-22+,32-30+. The lowest BCUT2D eigenvalue weighted by Gasteiger charge is -2.22. The number of nitrogens with one attached hydrogen (secondary N) is 1. The first-order valence-electron chi connectivity index (χ1n) is 18.8. The zero-order chi connectivity index (χ0) is 34.1. The number of aliphatic hydroxyl groups excluding tert-OH is 2. The smallest absolute Gasteiger partial charge is 0.267 e. The maximum absolute atomic E-state index is 12.5. The fourth-order valence-electron chi connectivity index (χ4n) is 5.46. The Morgan fingerprint density at radius 2 is 0.978 bits per heavy atom. The predicted molar refractivity (Wildman–Crippen MR) is 195 cm³/mol. The van der Waals surface area contributed by atoms with Crippen LogP contribution in [0, 0.1) is 0 Å². The molecule has 0 aliphatic heterocycles. The van der Waals surface area contributed by atoms with Crippen molar-refractivity contribution in [2.75, 3.05) is 5.75 Å². The molecule has 1 amide bonds. The number of aliphatic hydroxyl groups is 2. The van der Waals surface area contributed by atoms with Gasteiger partial charge in [-0.15, -0.1) is 0 Å². The molecule has 0 aromatic carbocycles. The summed E-state index contributed by atoms with van der Waals surface area (Å²) in [4.78, 5) is 12.5. The van der Waals surface area contributed by atoms with Gasteiger partial charge in [-0.2, -0.15) is 8.42 Å². The van der Waals surface area contributed by atoms with Crippen LogP contribution < -0.4 is 5.32 Å². The molecule has 270 valence electrons. The maximum Gasteiger partial charge on any atom is 0.267 e. The van der Waals surface area contributed by atoms with E-state index >= 15 is 0 Å². The molecule has 0 heterocycles. The van der Waals surface area contributed by atoms with Crippen molar-refractivity contribution in [2.45, 2.75) is 193 Å². The van der Waals surface area contributed by atoms with E-state index in [-0.39, 0.29) is 6.42 Å². The van der Waals surface area contributed by atoms with E-state index in [1.807, 2.05) is 0 Å². The molecule has 0 aliphatic carbocycles. The summed E-state index contributed by atoms with van der Waals surface area (Å²) >= 11 is 0. The molecule has 0 fully saturated rings. The Kier molecular flexibility index (Phi) is 31.1. The average Bonchev–Trinajstić information content (AvgIpc) is 3.01. The van der Waals surface area contributed by atoms with E-state index in [9.17, 15) is 28.0 Å². The highest BCUT2D eigenvalue weighted by Crippen LogP contribution is 2.12. The summed E-state index contributed by atoms with van der Waals surface area (Å²) in [6.45, 7) is 4.48. The monoisotopic (exact) mass is 670 g/mol.